The van der Waals surface area contributed by atoms with E-state index in [0.29, 0.717) is 21.1 Å². The van der Waals surface area contributed by atoms with Crippen molar-refractivity contribution in [1.82, 2.24) is 10.1 Å². The topological polar surface area (TPSA) is 108 Å². The number of nitrogens with two attached hydrogens (primary N) is 1. The molecule has 4 rings (SSSR count). The molecule has 1 fully saturated rings. The van der Waals surface area contributed by atoms with Gasteiger partial charge in [-0.25, -0.2) is 0 Å². The van der Waals surface area contributed by atoms with Crippen LogP contribution in [0.5, 0.6) is 0 Å². The predicted molar refractivity (Wildman–Crippen MR) is 108 cm³/mol. The standard InChI is InChI=1S/C20H19N5O2S/c1-25-8-7-13(11-25)23-20-14(10-21)17(22)19(28-20)18(26)16-9-15(24-27-16)12-5-3-2-4-6-12/h2-6,9,13,23H,7-8,11,22H2,1H3. The fraction of sp³-hybridized carbons (Fsp3) is 0.250. The van der Waals surface area contributed by atoms with Crippen LogP contribution >= 0.6 is 11.3 Å². The number of anilines is 2. The van der Waals surface area contributed by atoms with Gasteiger partial charge < -0.3 is 20.5 Å². The first-order valence-corrected chi connectivity index (χ1v) is 9.72. The number of nitrogen functional groups attached to an aromatic ring is 1. The van der Waals surface area contributed by atoms with Gasteiger partial charge >= 0.3 is 0 Å². The normalized spacial score (nSPS) is 16.8. The van der Waals surface area contributed by atoms with E-state index in [1.807, 2.05) is 30.3 Å². The highest BCUT2D eigenvalue weighted by Crippen LogP contribution is 2.37. The van der Waals surface area contributed by atoms with E-state index in [1.165, 1.54) is 11.3 Å². The Bertz CT molecular complexity index is 1050. The van der Waals surface area contributed by atoms with Gasteiger partial charge in [-0.15, -0.1) is 11.3 Å². The van der Waals surface area contributed by atoms with Crippen LogP contribution in [0.3, 0.4) is 0 Å². The Morgan fingerprint density at radius 2 is 2.21 bits per heavy atom. The Morgan fingerprint density at radius 1 is 1.43 bits per heavy atom. The fourth-order valence-corrected chi connectivity index (χ4v) is 4.40. The van der Waals surface area contributed by atoms with Crippen molar-refractivity contribution in [2.24, 2.45) is 0 Å². The van der Waals surface area contributed by atoms with Crippen molar-refractivity contribution in [3.8, 4) is 17.3 Å². The first-order valence-electron chi connectivity index (χ1n) is 8.91. The second-order valence-corrected chi connectivity index (χ2v) is 7.85. The van der Waals surface area contributed by atoms with Gasteiger partial charge in [0.25, 0.3) is 0 Å². The van der Waals surface area contributed by atoms with Crippen molar-refractivity contribution >= 4 is 27.8 Å². The number of carbonyl (C=O) groups is 1. The number of nitriles is 1. The number of nitrogens with zero attached hydrogens (tertiary/aromatic N) is 3. The van der Waals surface area contributed by atoms with Gasteiger partial charge in [0.05, 0.1) is 5.69 Å². The minimum Gasteiger partial charge on any atom is -0.396 e. The van der Waals surface area contributed by atoms with E-state index in [4.69, 9.17) is 10.3 Å². The van der Waals surface area contributed by atoms with Crippen LogP contribution in [0.2, 0.25) is 0 Å². The molecule has 3 aromatic rings. The average molecular weight is 393 g/mol. The fourth-order valence-electron chi connectivity index (χ4n) is 3.30. The summed E-state index contributed by atoms with van der Waals surface area (Å²) in [5.41, 5.74) is 8.05. The molecule has 1 atom stereocenters. The lowest BCUT2D eigenvalue weighted by molar-refractivity contribution is 0.100. The maximum absolute atomic E-state index is 12.9. The van der Waals surface area contributed by atoms with E-state index in [1.54, 1.807) is 6.07 Å². The molecule has 0 spiro atoms. The third kappa shape index (κ3) is 3.38. The van der Waals surface area contributed by atoms with Crippen molar-refractivity contribution in [3.05, 3.63) is 52.6 Å². The smallest absolute Gasteiger partial charge is 0.243 e. The van der Waals surface area contributed by atoms with Crippen LogP contribution < -0.4 is 11.1 Å². The van der Waals surface area contributed by atoms with Crippen LogP contribution in [0.15, 0.2) is 40.9 Å². The van der Waals surface area contributed by atoms with Gasteiger partial charge in [0.1, 0.15) is 27.2 Å². The molecule has 1 unspecified atom stereocenters. The highest BCUT2D eigenvalue weighted by Gasteiger charge is 2.27. The zero-order valence-corrected chi connectivity index (χ0v) is 16.1. The maximum Gasteiger partial charge on any atom is 0.243 e. The number of benzene rings is 1. The van der Waals surface area contributed by atoms with Crippen LogP contribution in [-0.2, 0) is 0 Å². The first-order chi connectivity index (χ1) is 13.6. The summed E-state index contributed by atoms with van der Waals surface area (Å²) in [6, 6.07) is 13.4. The number of likely N-dealkylation sites (tertiary alicyclic amines) is 1. The van der Waals surface area contributed by atoms with Crippen LogP contribution in [0.25, 0.3) is 11.3 Å². The Kier molecular flexibility index (Phi) is 4.86. The molecule has 3 heterocycles. The molecule has 7 nitrogen and oxygen atoms in total. The summed E-state index contributed by atoms with van der Waals surface area (Å²) in [4.78, 5) is 15.4. The summed E-state index contributed by atoms with van der Waals surface area (Å²) in [6.45, 7) is 1.88. The van der Waals surface area contributed by atoms with Gasteiger partial charge in [-0.1, -0.05) is 35.5 Å². The average Bonchev–Trinajstić information content (AvgIpc) is 3.42. The second-order valence-electron chi connectivity index (χ2n) is 6.82. The zero-order valence-electron chi connectivity index (χ0n) is 15.3. The number of nitrogens with one attached hydrogen (secondary N) is 1. The summed E-state index contributed by atoms with van der Waals surface area (Å²) in [5, 5.41) is 17.5. The number of hydrogen-bond donors (Lipinski definition) is 2. The van der Waals surface area contributed by atoms with E-state index in [0.717, 1.165) is 25.1 Å². The van der Waals surface area contributed by atoms with Gasteiger partial charge in [-0.05, 0) is 20.0 Å². The van der Waals surface area contributed by atoms with Crippen LogP contribution in [0.1, 0.15) is 27.4 Å². The Morgan fingerprint density at radius 3 is 2.89 bits per heavy atom. The molecule has 3 N–H and O–H groups in total. The molecule has 1 aliphatic rings. The van der Waals surface area contributed by atoms with Crippen LogP contribution in [-0.4, -0.2) is 42.0 Å². The van der Waals surface area contributed by atoms with Crippen molar-refractivity contribution in [2.45, 2.75) is 12.5 Å². The molecule has 0 bridgehead atoms. The summed E-state index contributed by atoms with van der Waals surface area (Å²) in [5.74, 6) is -0.270. The van der Waals surface area contributed by atoms with Crippen LogP contribution in [0.4, 0.5) is 10.7 Å². The molecule has 0 aliphatic carbocycles. The Hall–Kier alpha value is -3.15. The quantitative estimate of drug-likeness (QED) is 0.641. The first kappa shape index (κ1) is 18.2. The van der Waals surface area contributed by atoms with Crippen molar-refractivity contribution < 1.29 is 9.32 Å². The molecule has 1 saturated heterocycles. The van der Waals surface area contributed by atoms with E-state index >= 15 is 0 Å². The number of rotatable bonds is 5. The number of thiophene rings is 1. The lowest BCUT2D eigenvalue weighted by Gasteiger charge is -2.12. The molecule has 28 heavy (non-hydrogen) atoms. The second kappa shape index (κ2) is 7.46. The molecule has 8 heteroatoms. The van der Waals surface area contributed by atoms with Gasteiger partial charge in [-0.2, -0.15) is 5.26 Å². The van der Waals surface area contributed by atoms with Gasteiger partial charge in [0, 0.05) is 24.2 Å². The summed E-state index contributed by atoms with van der Waals surface area (Å²) in [7, 11) is 2.05. The zero-order chi connectivity index (χ0) is 19.7. The monoisotopic (exact) mass is 393 g/mol. The third-order valence-electron chi connectivity index (χ3n) is 4.79. The molecule has 142 valence electrons. The van der Waals surface area contributed by atoms with Gasteiger partial charge in [-0.3, -0.25) is 4.79 Å². The van der Waals surface area contributed by atoms with Crippen molar-refractivity contribution in [2.75, 3.05) is 31.2 Å². The molecule has 2 aromatic heterocycles. The largest absolute Gasteiger partial charge is 0.396 e. The molecule has 0 amide bonds. The number of hydrogen-bond acceptors (Lipinski definition) is 8. The number of ketones is 1. The molecule has 0 radical (unpaired) electrons. The van der Waals surface area contributed by atoms with Crippen LogP contribution in [0, 0.1) is 11.3 Å². The lowest BCUT2D eigenvalue weighted by Crippen LogP contribution is -2.23. The van der Waals surface area contributed by atoms with E-state index in [-0.39, 0.29) is 23.3 Å². The number of likely N-dealkylation sites (N-methyl/N-ethyl adjacent to an activating group) is 1. The highest BCUT2D eigenvalue weighted by atomic mass is 32.1. The molecule has 1 aliphatic heterocycles. The SMILES string of the molecule is CN1CCC(Nc2sc(C(=O)c3cc(-c4ccccc4)no3)c(N)c2C#N)C1. The van der Waals surface area contributed by atoms with Crippen molar-refractivity contribution in [1.29, 1.82) is 5.26 Å². The molecular weight excluding hydrogens is 374 g/mol. The van der Waals surface area contributed by atoms with Crippen molar-refractivity contribution in [3.63, 3.8) is 0 Å². The van der Waals surface area contributed by atoms with Gasteiger partial charge in [0.15, 0.2) is 0 Å². The van der Waals surface area contributed by atoms with E-state index in [2.05, 4.69) is 28.5 Å². The van der Waals surface area contributed by atoms with E-state index < -0.39 is 0 Å². The third-order valence-corrected chi connectivity index (χ3v) is 5.93. The Balaban J connectivity index is 1.61. The Labute approximate surface area is 166 Å². The minimum atomic E-state index is -0.370. The number of aromatic nitrogens is 1. The number of carbonyl (C=O) groups excluding carboxylic acids is 1. The molecular formula is C20H19N5O2S. The highest BCUT2D eigenvalue weighted by molar-refractivity contribution is 7.19. The van der Waals surface area contributed by atoms with Gasteiger partial charge in [0.2, 0.25) is 11.5 Å². The summed E-state index contributed by atoms with van der Waals surface area (Å²) < 4.78 is 5.26. The maximum atomic E-state index is 12.9. The minimum absolute atomic E-state index is 0.100. The summed E-state index contributed by atoms with van der Waals surface area (Å²) in [6.07, 6.45) is 0.977. The van der Waals surface area contributed by atoms with E-state index in [9.17, 15) is 10.1 Å². The summed E-state index contributed by atoms with van der Waals surface area (Å²) >= 11 is 1.19. The predicted octanol–water partition coefficient (Wildman–Crippen LogP) is 3.20. The molecule has 1 aromatic carbocycles. The lowest BCUT2D eigenvalue weighted by atomic mass is 10.1. The molecule has 0 saturated carbocycles.